The zero-order valence-corrected chi connectivity index (χ0v) is 32.3. The van der Waals surface area contributed by atoms with E-state index in [2.05, 4.69) is 43.5 Å². The van der Waals surface area contributed by atoms with Crippen molar-refractivity contribution in [1.29, 1.82) is 0 Å². The summed E-state index contributed by atoms with van der Waals surface area (Å²) in [4.78, 5) is 12.4. The lowest BCUT2D eigenvalue weighted by Gasteiger charge is -2.19. The Balaban J connectivity index is 3.56. The topological polar surface area (TPSA) is 69.6 Å². The second-order valence-corrected chi connectivity index (χ2v) is 14.4. The van der Waals surface area contributed by atoms with Crippen LogP contribution in [0.1, 0.15) is 219 Å². The molecular weight excluding hydrogens is 590 g/mol. The van der Waals surface area contributed by atoms with Gasteiger partial charge in [-0.2, -0.15) is 0 Å². The molecule has 0 aromatic heterocycles. The Kier molecular flexibility index (Phi) is 38.9. The molecule has 4 nitrogen and oxygen atoms in total. The first kappa shape index (κ1) is 46.6. The summed E-state index contributed by atoms with van der Waals surface area (Å²) in [6, 6.07) is -0.636. The van der Waals surface area contributed by atoms with Crippen molar-refractivity contribution in [2.75, 3.05) is 6.61 Å². The lowest BCUT2D eigenvalue weighted by atomic mass is 10.0. The number of rotatable bonds is 38. The zero-order chi connectivity index (χ0) is 35.0. The van der Waals surface area contributed by atoms with E-state index in [9.17, 15) is 15.0 Å². The molecule has 4 heteroatoms. The van der Waals surface area contributed by atoms with Crippen molar-refractivity contribution in [2.45, 2.75) is 231 Å². The molecule has 0 bridgehead atoms. The number of amides is 1. The summed E-state index contributed by atoms with van der Waals surface area (Å²) < 4.78 is 0. The van der Waals surface area contributed by atoms with Crippen LogP contribution in [0.15, 0.2) is 36.5 Å². The van der Waals surface area contributed by atoms with Crippen LogP contribution < -0.4 is 5.32 Å². The fourth-order valence-electron chi connectivity index (χ4n) is 6.31. The first-order valence-corrected chi connectivity index (χ1v) is 21.2. The number of carbonyl (C=O) groups excluding carboxylic acids is 1. The van der Waals surface area contributed by atoms with Crippen LogP contribution in [-0.4, -0.2) is 34.9 Å². The summed E-state index contributed by atoms with van der Waals surface area (Å²) in [5.74, 6) is -0.0743. The van der Waals surface area contributed by atoms with Gasteiger partial charge < -0.3 is 15.5 Å². The molecule has 0 aromatic rings. The minimum Gasteiger partial charge on any atom is -0.394 e. The minimum atomic E-state index is -0.859. The molecule has 0 unspecified atom stereocenters. The second kappa shape index (κ2) is 40.0. The van der Waals surface area contributed by atoms with E-state index in [1.807, 2.05) is 6.08 Å². The second-order valence-electron chi connectivity index (χ2n) is 14.4. The molecule has 3 N–H and O–H groups in total. The molecule has 0 aromatic carbocycles. The van der Waals surface area contributed by atoms with Crippen LogP contribution in [-0.2, 0) is 4.79 Å². The monoisotopic (exact) mass is 674 g/mol. The van der Waals surface area contributed by atoms with Crippen LogP contribution in [0.3, 0.4) is 0 Å². The highest BCUT2D eigenvalue weighted by Crippen LogP contribution is 2.14. The number of carbonyl (C=O) groups is 1. The highest BCUT2D eigenvalue weighted by molar-refractivity contribution is 5.76. The van der Waals surface area contributed by atoms with Gasteiger partial charge in [-0.1, -0.05) is 192 Å². The summed E-state index contributed by atoms with van der Waals surface area (Å²) in [5, 5.41) is 22.9. The fraction of sp³-hybridized carbons (Fsp3) is 0.841. The van der Waals surface area contributed by atoms with Gasteiger partial charge in [0.15, 0.2) is 0 Å². The molecule has 1 amide bonds. The molecule has 0 fully saturated rings. The average molecular weight is 674 g/mol. The molecule has 48 heavy (non-hydrogen) atoms. The summed E-state index contributed by atoms with van der Waals surface area (Å²) >= 11 is 0. The van der Waals surface area contributed by atoms with Gasteiger partial charge in [0.05, 0.1) is 18.8 Å². The van der Waals surface area contributed by atoms with Gasteiger partial charge in [0, 0.05) is 6.42 Å². The van der Waals surface area contributed by atoms with Crippen molar-refractivity contribution in [3.63, 3.8) is 0 Å². The third kappa shape index (κ3) is 35.9. The molecule has 0 rings (SSSR count). The molecular formula is C44H83NO3. The van der Waals surface area contributed by atoms with Crippen molar-refractivity contribution >= 4 is 5.91 Å². The maximum Gasteiger partial charge on any atom is 0.220 e. The van der Waals surface area contributed by atoms with Gasteiger partial charge in [-0.25, -0.2) is 0 Å². The first-order valence-electron chi connectivity index (χ1n) is 21.2. The quantitative estimate of drug-likeness (QED) is 0.0451. The average Bonchev–Trinajstić information content (AvgIpc) is 3.09. The van der Waals surface area contributed by atoms with Crippen LogP contribution in [0, 0.1) is 0 Å². The van der Waals surface area contributed by atoms with E-state index in [1.54, 1.807) is 6.08 Å². The first-order chi connectivity index (χ1) is 23.7. The highest BCUT2D eigenvalue weighted by Gasteiger charge is 2.17. The van der Waals surface area contributed by atoms with E-state index >= 15 is 0 Å². The van der Waals surface area contributed by atoms with Gasteiger partial charge in [0.25, 0.3) is 0 Å². The third-order valence-electron chi connectivity index (χ3n) is 9.60. The Bertz CT molecular complexity index is 731. The number of nitrogens with one attached hydrogen (secondary N) is 1. The molecule has 0 aliphatic rings. The molecule has 0 saturated carbocycles. The Hall–Kier alpha value is -1.39. The van der Waals surface area contributed by atoms with Gasteiger partial charge >= 0.3 is 0 Å². The van der Waals surface area contributed by atoms with Crippen LogP contribution >= 0.6 is 0 Å². The maximum absolute atomic E-state index is 12.4. The maximum atomic E-state index is 12.4. The molecule has 282 valence electrons. The highest BCUT2D eigenvalue weighted by atomic mass is 16.3. The Morgan fingerprint density at radius 3 is 1.21 bits per heavy atom. The number of hydrogen-bond acceptors (Lipinski definition) is 3. The van der Waals surface area contributed by atoms with E-state index in [1.165, 1.54) is 167 Å². The largest absolute Gasteiger partial charge is 0.394 e. The number of unbranched alkanes of at least 4 members (excludes halogenated alkanes) is 27. The predicted octanol–water partition coefficient (Wildman–Crippen LogP) is 13.0. The lowest BCUT2D eigenvalue weighted by molar-refractivity contribution is -0.123. The van der Waals surface area contributed by atoms with Crippen molar-refractivity contribution < 1.29 is 15.0 Å². The smallest absolute Gasteiger partial charge is 0.220 e. The van der Waals surface area contributed by atoms with E-state index in [0.717, 1.165) is 32.1 Å². The number of allylic oxidation sites excluding steroid dienone is 5. The van der Waals surface area contributed by atoms with Crippen LogP contribution in [0.5, 0.6) is 0 Å². The Labute approximate surface area is 300 Å². The summed E-state index contributed by atoms with van der Waals surface area (Å²) in [6.07, 6.45) is 52.5. The van der Waals surface area contributed by atoms with Gasteiger partial charge in [-0.05, 0) is 57.8 Å². The van der Waals surface area contributed by atoms with Crippen LogP contribution in [0.25, 0.3) is 0 Å². The molecule has 0 heterocycles. The molecule has 0 spiro atoms. The SMILES string of the molecule is CCCCCCCC/C=C/CCCCCCCCCCCCCCCC(=O)N[C@@H](CO)[C@H](O)/C=C/CC/C=C/CCCCCCCCC. The number of aliphatic hydroxyl groups is 2. The van der Waals surface area contributed by atoms with Crippen molar-refractivity contribution in [1.82, 2.24) is 5.32 Å². The summed E-state index contributed by atoms with van der Waals surface area (Å²) in [6.45, 7) is 4.28. The Morgan fingerprint density at radius 2 is 0.812 bits per heavy atom. The molecule has 0 saturated heterocycles. The van der Waals surface area contributed by atoms with Crippen molar-refractivity contribution in [2.24, 2.45) is 0 Å². The zero-order valence-electron chi connectivity index (χ0n) is 32.3. The molecule has 0 aliphatic carbocycles. The van der Waals surface area contributed by atoms with Gasteiger partial charge in [-0.3, -0.25) is 4.79 Å². The number of hydrogen-bond donors (Lipinski definition) is 3. The van der Waals surface area contributed by atoms with Gasteiger partial charge in [0.1, 0.15) is 0 Å². The summed E-state index contributed by atoms with van der Waals surface area (Å²) in [7, 11) is 0. The third-order valence-corrected chi connectivity index (χ3v) is 9.60. The van der Waals surface area contributed by atoms with Crippen LogP contribution in [0.2, 0.25) is 0 Å². The minimum absolute atomic E-state index is 0.0743. The van der Waals surface area contributed by atoms with E-state index < -0.39 is 12.1 Å². The molecule has 0 aliphatic heterocycles. The van der Waals surface area contributed by atoms with Crippen molar-refractivity contribution in [3.8, 4) is 0 Å². The number of aliphatic hydroxyl groups excluding tert-OH is 2. The van der Waals surface area contributed by atoms with E-state index in [0.29, 0.717) is 6.42 Å². The van der Waals surface area contributed by atoms with Crippen molar-refractivity contribution in [3.05, 3.63) is 36.5 Å². The van der Waals surface area contributed by atoms with E-state index in [4.69, 9.17) is 0 Å². The standard InChI is InChI=1S/C44H83NO3/c1-3-5-7-9-11-13-15-17-18-19-20-21-22-23-24-25-26-28-30-32-34-36-38-40-44(48)45-42(41-46)43(47)39-37-35-33-31-29-27-16-14-12-10-8-6-4-2/h17-18,29,31,37,39,42-43,46-47H,3-16,19-28,30,32-36,38,40-41H2,1-2H3,(H,45,48)/b18-17+,31-29+,39-37+/t42-,43+/m0/s1. The normalized spacial score (nSPS) is 13.3. The lowest BCUT2D eigenvalue weighted by Crippen LogP contribution is -2.45. The van der Waals surface area contributed by atoms with E-state index in [-0.39, 0.29) is 12.5 Å². The molecule has 0 radical (unpaired) electrons. The van der Waals surface area contributed by atoms with Gasteiger partial charge in [-0.15, -0.1) is 0 Å². The predicted molar refractivity (Wildman–Crippen MR) is 212 cm³/mol. The molecule has 2 atom stereocenters. The summed E-state index contributed by atoms with van der Waals surface area (Å²) in [5.41, 5.74) is 0. The Morgan fingerprint density at radius 1 is 0.479 bits per heavy atom. The van der Waals surface area contributed by atoms with Crippen LogP contribution in [0.4, 0.5) is 0 Å². The fourth-order valence-corrected chi connectivity index (χ4v) is 6.31. The van der Waals surface area contributed by atoms with Gasteiger partial charge in [0.2, 0.25) is 5.91 Å².